The molecule has 1 aromatic carbocycles. The summed E-state index contributed by atoms with van der Waals surface area (Å²) in [6, 6.07) is 7.38. The van der Waals surface area contributed by atoms with Gasteiger partial charge in [-0.25, -0.2) is 0 Å². The molecule has 0 aliphatic heterocycles. The molecule has 2 aromatic rings. The van der Waals surface area contributed by atoms with E-state index in [1.54, 1.807) is 6.92 Å². The maximum Gasteiger partial charge on any atom is 0.247 e. The molecule has 0 bridgehead atoms. The molecule has 1 amide bonds. The van der Waals surface area contributed by atoms with Crippen LogP contribution < -0.4 is 5.32 Å². The van der Waals surface area contributed by atoms with Crippen LogP contribution in [0.25, 0.3) is 11.5 Å². The summed E-state index contributed by atoms with van der Waals surface area (Å²) in [7, 11) is 0. The Morgan fingerprint density at radius 3 is 2.65 bits per heavy atom. The number of nitrogens with zero attached hydrogens (tertiary/aromatic N) is 2. The second kappa shape index (κ2) is 5.45. The lowest BCUT2D eigenvalue weighted by Gasteiger charge is -2.17. The van der Waals surface area contributed by atoms with Crippen LogP contribution in [0.2, 0.25) is 0 Å². The van der Waals surface area contributed by atoms with E-state index in [2.05, 4.69) is 15.5 Å². The summed E-state index contributed by atoms with van der Waals surface area (Å²) in [4.78, 5) is 11.9. The van der Waals surface area contributed by atoms with E-state index in [1.807, 2.05) is 45.0 Å². The highest BCUT2D eigenvalue weighted by molar-refractivity contribution is 5.91. The number of aromatic nitrogens is 2. The monoisotopic (exact) mass is 273 g/mol. The predicted octanol–water partition coefficient (Wildman–Crippen LogP) is 3.42. The first-order chi connectivity index (χ1) is 9.33. The zero-order chi connectivity index (χ0) is 14.8. The van der Waals surface area contributed by atoms with Crippen molar-refractivity contribution in [2.45, 2.75) is 34.1 Å². The molecule has 2 rings (SSSR count). The van der Waals surface area contributed by atoms with Crippen molar-refractivity contribution in [3.05, 3.63) is 30.2 Å². The van der Waals surface area contributed by atoms with Crippen molar-refractivity contribution >= 4 is 11.6 Å². The Balaban J connectivity index is 2.12. The molecule has 0 unspecified atom stereocenters. The second-order valence-corrected chi connectivity index (χ2v) is 5.99. The van der Waals surface area contributed by atoms with Gasteiger partial charge in [-0.3, -0.25) is 4.79 Å². The van der Waals surface area contributed by atoms with Crippen molar-refractivity contribution < 1.29 is 9.21 Å². The van der Waals surface area contributed by atoms with E-state index in [0.29, 0.717) is 18.2 Å². The summed E-state index contributed by atoms with van der Waals surface area (Å²) in [5, 5.41) is 10.7. The van der Waals surface area contributed by atoms with Crippen LogP contribution in [0.15, 0.2) is 28.7 Å². The molecule has 1 heterocycles. The molecule has 1 aromatic heterocycles. The molecule has 0 fully saturated rings. The zero-order valence-corrected chi connectivity index (χ0v) is 12.2. The molecule has 5 heteroatoms. The van der Waals surface area contributed by atoms with Gasteiger partial charge in [-0.2, -0.15) is 0 Å². The highest BCUT2D eigenvalue weighted by atomic mass is 16.4. The van der Waals surface area contributed by atoms with Crippen molar-refractivity contribution in [2.75, 3.05) is 5.32 Å². The molecule has 5 nitrogen and oxygen atoms in total. The van der Waals surface area contributed by atoms with E-state index in [1.165, 1.54) is 0 Å². The van der Waals surface area contributed by atoms with Crippen LogP contribution in [0, 0.1) is 12.3 Å². The molecule has 0 aliphatic carbocycles. The molecule has 20 heavy (non-hydrogen) atoms. The van der Waals surface area contributed by atoms with Crippen LogP contribution in [0.3, 0.4) is 0 Å². The maximum absolute atomic E-state index is 11.9. The third-order valence-corrected chi connectivity index (χ3v) is 2.61. The van der Waals surface area contributed by atoms with Gasteiger partial charge in [0.05, 0.1) is 0 Å². The lowest BCUT2D eigenvalue weighted by molar-refractivity contribution is -0.117. The first-order valence-electron chi connectivity index (χ1n) is 6.54. The summed E-state index contributed by atoms with van der Waals surface area (Å²) >= 11 is 0. The predicted molar refractivity (Wildman–Crippen MR) is 77.2 cm³/mol. The van der Waals surface area contributed by atoms with Gasteiger partial charge in [0.2, 0.25) is 17.7 Å². The number of hydrogen-bond acceptors (Lipinski definition) is 4. The van der Waals surface area contributed by atoms with Crippen LogP contribution in [0.4, 0.5) is 5.69 Å². The fraction of sp³-hybridized carbons (Fsp3) is 0.400. The second-order valence-electron chi connectivity index (χ2n) is 5.99. The Labute approximate surface area is 118 Å². The first-order valence-corrected chi connectivity index (χ1v) is 6.54. The fourth-order valence-corrected chi connectivity index (χ4v) is 1.83. The Morgan fingerprint density at radius 2 is 2.05 bits per heavy atom. The number of amides is 1. The number of aryl methyl sites for hydroxylation is 1. The van der Waals surface area contributed by atoms with Gasteiger partial charge in [0.25, 0.3) is 0 Å². The Morgan fingerprint density at radius 1 is 1.30 bits per heavy atom. The van der Waals surface area contributed by atoms with E-state index in [-0.39, 0.29) is 11.3 Å². The molecule has 0 saturated carbocycles. The molecule has 0 saturated heterocycles. The van der Waals surface area contributed by atoms with Gasteiger partial charge < -0.3 is 9.73 Å². The number of carbonyl (C=O) groups is 1. The van der Waals surface area contributed by atoms with Gasteiger partial charge >= 0.3 is 0 Å². The lowest BCUT2D eigenvalue weighted by atomic mass is 9.92. The highest BCUT2D eigenvalue weighted by Gasteiger charge is 2.16. The number of nitrogens with one attached hydrogen (secondary N) is 1. The Kier molecular flexibility index (Phi) is 3.88. The topological polar surface area (TPSA) is 68.0 Å². The van der Waals surface area contributed by atoms with Gasteiger partial charge in [-0.1, -0.05) is 26.8 Å². The number of benzene rings is 1. The third kappa shape index (κ3) is 3.91. The minimum Gasteiger partial charge on any atom is -0.421 e. The van der Waals surface area contributed by atoms with Crippen molar-refractivity contribution in [1.82, 2.24) is 10.2 Å². The summed E-state index contributed by atoms with van der Waals surface area (Å²) in [6.45, 7) is 7.84. The molecular formula is C15H19N3O2. The van der Waals surface area contributed by atoms with E-state index in [9.17, 15) is 4.79 Å². The molecule has 0 atom stereocenters. The molecule has 106 valence electrons. The van der Waals surface area contributed by atoms with Gasteiger partial charge in [0.15, 0.2) is 0 Å². The maximum atomic E-state index is 11.9. The quantitative estimate of drug-likeness (QED) is 0.930. The standard InChI is InChI=1S/C15H19N3O2/c1-10-17-18-14(20-10)11-6-5-7-12(8-11)16-13(19)9-15(2,3)4/h5-8H,9H2,1-4H3,(H,16,19). The van der Waals surface area contributed by atoms with Gasteiger partial charge in [0.1, 0.15) is 0 Å². The fourth-order valence-electron chi connectivity index (χ4n) is 1.83. The zero-order valence-electron chi connectivity index (χ0n) is 12.2. The molecule has 0 spiro atoms. The summed E-state index contributed by atoms with van der Waals surface area (Å²) in [5.74, 6) is 0.966. The SMILES string of the molecule is Cc1nnc(-c2cccc(NC(=O)CC(C)(C)C)c2)o1. The van der Waals surface area contributed by atoms with Crippen LogP contribution in [0.1, 0.15) is 33.1 Å². The largest absolute Gasteiger partial charge is 0.421 e. The highest BCUT2D eigenvalue weighted by Crippen LogP contribution is 2.23. The van der Waals surface area contributed by atoms with E-state index >= 15 is 0 Å². The first kappa shape index (κ1) is 14.2. The third-order valence-electron chi connectivity index (χ3n) is 2.61. The van der Waals surface area contributed by atoms with Gasteiger partial charge in [-0.15, -0.1) is 10.2 Å². The minimum absolute atomic E-state index is 0.00337. The molecular weight excluding hydrogens is 254 g/mol. The Bertz CT molecular complexity index is 612. The van der Waals surface area contributed by atoms with E-state index < -0.39 is 0 Å². The van der Waals surface area contributed by atoms with Crippen molar-refractivity contribution in [3.8, 4) is 11.5 Å². The van der Waals surface area contributed by atoms with E-state index in [0.717, 1.165) is 11.3 Å². The summed E-state index contributed by atoms with van der Waals surface area (Å²) in [6.07, 6.45) is 0.469. The Hall–Kier alpha value is -2.17. The number of rotatable bonds is 3. The molecule has 1 N–H and O–H groups in total. The van der Waals surface area contributed by atoms with Gasteiger partial charge in [0, 0.05) is 24.6 Å². The van der Waals surface area contributed by atoms with Crippen LogP contribution >= 0.6 is 0 Å². The van der Waals surface area contributed by atoms with Crippen LogP contribution in [-0.4, -0.2) is 16.1 Å². The molecule has 0 radical (unpaired) electrons. The van der Waals surface area contributed by atoms with Crippen molar-refractivity contribution in [1.29, 1.82) is 0 Å². The summed E-state index contributed by atoms with van der Waals surface area (Å²) in [5.41, 5.74) is 1.48. The van der Waals surface area contributed by atoms with Crippen LogP contribution in [0.5, 0.6) is 0 Å². The lowest BCUT2D eigenvalue weighted by Crippen LogP contribution is -2.19. The van der Waals surface area contributed by atoms with Crippen molar-refractivity contribution in [2.24, 2.45) is 5.41 Å². The number of hydrogen-bond donors (Lipinski definition) is 1. The average molecular weight is 273 g/mol. The smallest absolute Gasteiger partial charge is 0.247 e. The van der Waals surface area contributed by atoms with E-state index in [4.69, 9.17) is 4.42 Å². The molecule has 0 aliphatic rings. The minimum atomic E-state index is -0.0364. The van der Waals surface area contributed by atoms with Gasteiger partial charge in [-0.05, 0) is 23.6 Å². The summed E-state index contributed by atoms with van der Waals surface area (Å²) < 4.78 is 5.38. The number of anilines is 1. The van der Waals surface area contributed by atoms with Crippen LogP contribution in [-0.2, 0) is 4.79 Å². The average Bonchev–Trinajstić information content (AvgIpc) is 2.73. The van der Waals surface area contributed by atoms with Crippen molar-refractivity contribution in [3.63, 3.8) is 0 Å². The number of carbonyl (C=O) groups excluding carboxylic acids is 1. The normalized spacial score (nSPS) is 11.4.